The lowest BCUT2D eigenvalue weighted by atomic mass is 9.98. The summed E-state index contributed by atoms with van der Waals surface area (Å²) in [5.41, 5.74) is 1.37. The second-order valence-corrected chi connectivity index (χ2v) is 4.36. The van der Waals surface area contributed by atoms with Crippen molar-refractivity contribution < 1.29 is 28.1 Å². The number of hydrogen-bond donors (Lipinski definition) is 3. The van der Waals surface area contributed by atoms with Crippen molar-refractivity contribution in [2.45, 2.75) is 30.5 Å². The SMILES string of the molecule is Nc1ccn([C@@H]2O[C@@](CO)(C(F)F)C(F)C2O)c(=O)n1. The maximum Gasteiger partial charge on any atom is 0.351 e. The Labute approximate surface area is 110 Å². The van der Waals surface area contributed by atoms with Crippen molar-refractivity contribution in [1.82, 2.24) is 9.55 Å². The van der Waals surface area contributed by atoms with Gasteiger partial charge in [-0.3, -0.25) is 4.57 Å². The number of nitrogens with zero attached hydrogens (tertiary/aromatic N) is 2. The molecule has 112 valence electrons. The van der Waals surface area contributed by atoms with Gasteiger partial charge in [-0.15, -0.1) is 0 Å². The van der Waals surface area contributed by atoms with Crippen molar-refractivity contribution in [3.63, 3.8) is 0 Å². The van der Waals surface area contributed by atoms with Crippen molar-refractivity contribution in [1.29, 1.82) is 0 Å². The van der Waals surface area contributed by atoms with E-state index in [1.54, 1.807) is 0 Å². The Bertz CT molecular complexity index is 555. The molecule has 10 heteroatoms. The highest BCUT2D eigenvalue weighted by Gasteiger charge is 2.61. The molecule has 20 heavy (non-hydrogen) atoms. The van der Waals surface area contributed by atoms with Gasteiger partial charge in [0.05, 0.1) is 6.61 Å². The van der Waals surface area contributed by atoms with Crippen LogP contribution in [0.4, 0.5) is 19.0 Å². The fourth-order valence-electron chi connectivity index (χ4n) is 2.00. The molecule has 4 atom stereocenters. The highest BCUT2D eigenvalue weighted by molar-refractivity contribution is 5.23. The minimum Gasteiger partial charge on any atom is -0.393 e. The lowest BCUT2D eigenvalue weighted by Gasteiger charge is -2.27. The van der Waals surface area contributed by atoms with E-state index in [-0.39, 0.29) is 5.82 Å². The van der Waals surface area contributed by atoms with Gasteiger partial charge in [-0.05, 0) is 6.07 Å². The summed E-state index contributed by atoms with van der Waals surface area (Å²) < 4.78 is 45.1. The lowest BCUT2D eigenvalue weighted by Crippen LogP contribution is -2.50. The summed E-state index contributed by atoms with van der Waals surface area (Å²) in [6.45, 7) is -1.35. The van der Waals surface area contributed by atoms with Crippen molar-refractivity contribution in [3.8, 4) is 0 Å². The van der Waals surface area contributed by atoms with Crippen LogP contribution >= 0.6 is 0 Å². The molecule has 0 aliphatic carbocycles. The molecule has 1 aliphatic rings. The van der Waals surface area contributed by atoms with E-state index in [1.807, 2.05) is 0 Å². The average molecular weight is 295 g/mol. The van der Waals surface area contributed by atoms with Crippen LogP contribution in [0.3, 0.4) is 0 Å². The molecule has 2 unspecified atom stereocenters. The van der Waals surface area contributed by atoms with E-state index in [0.717, 1.165) is 12.3 Å². The third-order valence-electron chi connectivity index (χ3n) is 3.14. The van der Waals surface area contributed by atoms with Crippen LogP contribution < -0.4 is 11.4 Å². The molecule has 2 heterocycles. The average Bonchev–Trinajstić information content (AvgIpc) is 2.64. The number of aromatic nitrogens is 2. The summed E-state index contributed by atoms with van der Waals surface area (Å²) in [6.07, 6.45) is -8.71. The Balaban J connectivity index is 2.42. The number of anilines is 1. The molecule has 0 amide bonds. The molecule has 2 rings (SSSR count). The number of rotatable bonds is 3. The van der Waals surface area contributed by atoms with E-state index in [1.165, 1.54) is 0 Å². The minimum atomic E-state index is -3.39. The summed E-state index contributed by atoms with van der Waals surface area (Å²) in [5.74, 6) is -0.127. The normalized spacial score (nSPS) is 33.8. The van der Waals surface area contributed by atoms with Gasteiger partial charge in [0.1, 0.15) is 11.9 Å². The van der Waals surface area contributed by atoms with Gasteiger partial charge in [0.15, 0.2) is 18.0 Å². The van der Waals surface area contributed by atoms with Gasteiger partial charge in [-0.2, -0.15) is 4.98 Å². The minimum absolute atomic E-state index is 0.127. The Kier molecular flexibility index (Phi) is 3.71. The molecule has 4 N–H and O–H groups in total. The predicted octanol–water partition coefficient (Wildman–Crippen LogP) is -0.950. The molecule has 1 aliphatic heterocycles. The van der Waals surface area contributed by atoms with Crippen molar-refractivity contribution in [3.05, 3.63) is 22.7 Å². The number of hydrogen-bond acceptors (Lipinski definition) is 6. The zero-order valence-electron chi connectivity index (χ0n) is 9.99. The first kappa shape index (κ1) is 14.8. The smallest absolute Gasteiger partial charge is 0.351 e. The molecular formula is C10H12F3N3O4. The van der Waals surface area contributed by atoms with Crippen molar-refractivity contribution >= 4 is 5.82 Å². The number of alkyl halides is 3. The molecule has 1 aromatic rings. The standard InChI is InChI=1S/C10H12F3N3O4/c11-6-5(18)7(20-10(6,3-17)8(12)13)16-2-1-4(14)15-9(16)19/h1-2,5-8,17-18H,3H2,(H2,14,15,19)/t5?,6?,7-,10-/m1/s1. The Hall–Kier alpha value is -1.65. The summed E-state index contributed by atoms with van der Waals surface area (Å²) in [7, 11) is 0. The first-order valence-corrected chi connectivity index (χ1v) is 5.57. The zero-order chi connectivity index (χ0) is 15.1. The number of nitrogen functional groups attached to an aromatic ring is 1. The first-order chi connectivity index (χ1) is 9.33. The van der Waals surface area contributed by atoms with E-state index >= 15 is 0 Å². The van der Waals surface area contributed by atoms with Crippen LogP contribution in [0.1, 0.15) is 6.23 Å². The quantitative estimate of drug-likeness (QED) is 0.663. The second kappa shape index (κ2) is 5.04. The van der Waals surface area contributed by atoms with Crippen LogP contribution in [0.15, 0.2) is 17.1 Å². The van der Waals surface area contributed by atoms with E-state index in [0.29, 0.717) is 4.57 Å². The van der Waals surface area contributed by atoms with E-state index in [2.05, 4.69) is 4.98 Å². The van der Waals surface area contributed by atoms with Gasteiger partial charge in [0.2, 0.25) is 0 Å². The van der Waals surface area contributed by atoms with Crippen molar-refractivity contribution in [2.75, 3.05) is 12.3 Å². The second-order valence-electron chi connectivity index (χ2n) is 4.36. The zero-order valence-corrected chi connectivity index (χ0v) is 9.99. The molecular weight excluding hydrogens is 283 g/mol. The Morgan fingerprint density at radius 2 is 2.25 bits per heavy atom. The topological polar surface area (TPSA) is 111 Å². The van der Waals surface area contributed by atoms with E-state index < -0.39 is 42.8 Å². The predicted molar refractivity (Wildman–Crippen MR) is 59.8 cm³/mol. The Morgan fingerprint density at radius 1 is 1.60 bits per heavy atom. The van der Waals surface area contributed by atoms with Crippen LogP contribution in [0, 0.1) is 0 Å². The fourth-order valence-corrected chi connectivity index (χ4v) is 2.00. The number of nitrogens with two attached hydrogens (primary N) is 1. The van der Waals surface area contributed by atoms with Gasteiger partial charge in [-0.1, -0.05) is 0 Å². The monoisotopic (exact) mass is 295 g/mol. The molecule has 1 saturated heterocycles. The molecule has 0 radical (unpaired) electrons. The highest BCUT2D eigenvalue weighted by atomic mass is 19.3. The number of aliphatic hydroxyl groups is 2. The third-order valence-corrected chi connectivity index (χ3v) is 3.14. The fraction of sp³-hybridized carbons (Fsp3) is 0.600. The van der Waals surface area contributed by atoms with Gasteiger partial charge < -0.3 is 20.7 Å². The highest BCUT2D eigenvalue weighted by Crippen LogP contribution is 2.42. The van der Waals surface area contributed by atoms with Gasteiger partial charge in [0.25, 0.3) is 6.43 Å². The summed E-state index contributed by atoms with van der Waals surface area (Å²) in [4.78, 5) is 14.9. The summed E-state index contributed by atoms with van der Waals surface area (Å²) >= 11 is 0. The summed E-state index contributed by atoms with van der Waals surface area (Å²) in [6, 6.07) is 1.16. The van der Waals surface area contributed by atoms with Crippen molar-refractivity contribution in [2.24, 2.45) is 0 Å². The van der Waals surface area contributed by atoms with Gasteiger partial charge >= 0.3 is 5.69 Å². The maximum absolute atomic E-state index is 13.9. The molecule has 0 saturated carbocycles. The molecule has 7 nitrogen and oxygen atoms in total. The number of aliphatic hydroxyl groups excluding tert-OH is 2. The molecule has 1 fully saturated rings. The van der Waals surface area contributed by atoms with Crippen LogP contribution in [-0.2, 0) is 4.74 Å². The largest absolute Gasteiger partial charge is 0.393 e. The molecule has 0 spiro atoms. The van der Waals surface area contributed by atoms with Gasteiger partial charge in [-0.25, -0.2) is 18.0 Å². The maximum atomic E-state index is 13.9. The third kappa shape index (κ3) is 2.05. The molecule has 1 aromatic heterocycles. The lowest BCUT2D eigenvalue weighted by molar-refractivity contribution is -0.186. The van der Waals surface area contributed by atoms with Crippen LogP contribution in [0.5, 0.6) is 0 Å². The van der Waals surface area contributed by atoms with Crippen LogP contribution in [0.25, 0.3) is 0 Å². The van der Waals surface area contributed by atoms with Crippen LogP contribution in [0.2, 0.25) is 0 Å². The van der Waals surface area contributed by atoms with E-state index in [4.69, 9.17) is 15.6 Å². The molecule has 0 bridgehead atoms. The number of ether oxygens (including phenoxy) is 1. The van der Waals surface area contributed by atoms with E-state index in [9.17, 15) is 23.1 Å². The number of halogens is 3. The van der Waals surface area contributed by atoms with Gasteiger partial charge in [0, 0.05) is 6.20 Å². The van der Waals surface area contributed by atoms with Crippen LogP contribution in [-0.4, -0.2) is 50.7 Å². The Morgan fingerprint density at radius 3 is 2.70 bits per heavy atom. The molecule has 0 aromatic carbocycles. The first-order valence-electron chi connectivity index (χ1n) is 5.57. The summed E-state index contributed by atoms with van der Waals surface area (Å²) in [5, 5.41) is 18.6.